The fourth-order valence-electron chi connectivity index (χ4n) is 3.49. The Bertz CT molecular complexity index is 669. The number of carbonyl (C=O) groups excluding carboxylic acids is 1. The van der Waals surface area contributed by atoms with Gasteiger partial charge in [0.05, 0.1) is 19.6 Å². The standard InChI is InChI=1S/C20H25NO3S/c1-23-18-5-3-15(4-6-18)11-17-13-21(9-7-19(17)24-2)20(22)12-16-8-10-25-14-16/h3-6,8,10,14,17,19H,7,9,11-13H2,1-2H3/t17-,19-/m0/s1. The van der Waals surface area contributed by atoms with E-state index in [0.29, 0.717) is 12.3 Å². The summed E-state index contributed by atoms with van der Waals surface area (Å²) in [6, 6.07) is 10.2. The van der Waals surface area contributed by atoms with Crippen molar-refractivity contribution in [3.63, 3.8) is 0 Å². The molecule has 0 N–H and O–H groups in total. The summed E-state index contributed by atoms with van der Waals surface area (Å²) in [7, 11) is 3.45. The maximum absolute atomic E-state index is 12.6. The summed E-state index contributed by atoms with van der Waals surface area (Å²) in [5.41, 5.74) is 2.36. The third-order valence-electron chi connectivity index (χ3n) is 4.91. The monoisotopic (exact) mass is 359 g/mol. The molecule has 1 aromatic heterocycles. The fourth-order valence-corrected chi connectivity index (χ4v) is 4.16. The van der Waals surface area contributed by atoms with Crippen LogP contribution in [0.2, 0.25) is 0 Å². The number of ether oxygens (including phenoxy) is 2. The Morgan fingerprint density at radius 2 is 2.00 bits per heavy atom. The van der Waals surface area contributed by atoms with E-state index in [-0.39, 0.29) is 12.0 Å². The lowest BCUT2D eigenvalue weighted by Gasteiger charge is -2.38. The minimum Gasteiger partial charge on any atom is -0.497 e. The lowest BCUT2D eigenvalue weighted by Crippen LogP contribution is -2.47. The first-order valence-corrected chi connectivity index (χ1v) is 9.58. The summed E-state index contributed by atoms with van der Waals surface area (Å²) >= 11 is 1.64. The number of piperidine rings is 1. The highest BCUT2D eigenvalue weighted by molar-refractivity contribution is 7.08. The molecule has 1 amide bonds. The number of hydrogen-bond donors (Lipinski definition) is 0. The van der Waals surface area contributed by atoms with E-state index in [9.17, 15) is 4.79 Å². The summed E-state index contributed by atoms with van der Waals surface area (Å²) in [6.07, 6.45) is 2.50. The van der Waals surface area contributed by atoms with Gasteiger partial charge in [-0.2, -0.15) is 11.3 Å². The molecule has 1 aliphatic rings. The predicted molar refractivity (Wildman–Crippen MR) is 100 cm³/mol. The minimum atomic E-state index is 0.201. The van der Waals surface area contributed by atoms with Crippen molar-refractivity contribution in [2.45, 2.75) is 25.4 Å². The van der Waals surface area contributed by atoms with Gasteiger partial charge in [-0.1, -0.05) is 12.1 Å². The van der Waals surface area contributed by atoms with Crippen LogP contribution in [0.25, 0.3) is 0 Å². The quantitative estimate of drug-likeness (QED) is 0.793. The zero-order valence-electron chi connectivity index (χ0n) is 14.8. The van der Waals surface area contributed by atoms with Gasteiger partial charge in [0.1, 0.15) is 5.75 Å². The molecular formula is C20H25NO3S. The van der Waals surface area contributed by atoms with E-state index >= 15 is 0 Å². The molecule has 1 saturated heterocycles. The number of methoxy groups -OCH3 is 2. The maximum atomic E-state index is 12.6. The zero-order valence-corrected chi connectivity index (χ0v) is 15.6. The third kappa shape index (κ3) is 4.61. The molecule has 2 heterocycles. The molecule has 0 radical (unpaired) electrons. The molecule has 5 heteroatoms. The van der Waals surface area contributed by atoms with Crippen LogP contribution < -0.4 is 4.74 Å². The second-order valence-corrected chi connectivity index (χ2v) is 7.30. The van der Waals surface area contributed by atoms with Crippen molar-refractivity contribution in [3.8, 4) is 5.75 Å². The van der Waals surface area contributed by atoms with Crippen molar-refractivity contribution in [3.05, 3.63) is 52.2 Å². The highest BCUT2D eigenvalue weighted by atomic mass is 32.1. The van der Waals surface area contributed by atoms with Gasteiger partial charge in [0, 0.05) is 26.1 Å². The number of thiophene rings is 1. The summed E-state index contributed by atoms with van der Waals surface area (Å²) < 4.78 is 10.9. The number of hydrogen-bond acceptors (Lipinski definition) is 4. The highest BCUT2D eigenvalue weighted by Gasteiger charge is 2.31. The summed E-state index contributed by atoms with van der Waals surface area (Å²) in [4.78, 5) is 14.6. The molecular weight excluding hydrogens is 334 g/mol. The second kappa shape index (κ2) is 8.50. The average Bonchev–Trinajstić information content (AvgIpc) is 3.15. The lowest BCUT2D eigenvalue weighted by molar-refractivity contribution is -0.134. The van der Waals surface area contributed by atoms with Crippen LogP contribution in [-0.4, -0.2) is 44.2 Å². The highest BCUT2D eigenvalue weighted by Crippen LogP contribution is 2.25. The van der Waals surface area contributed by atoms with Crippen molar-refractivity contribution in [2.24, 2.45) is 5.92 Å². The number of benzene rings is 1. The van der Waals surface area contributed by atoms with E-state index < -0.39 is 0 Å². The van der Waals surface area contributed by atoms with Crippen LogP contribution in [0, 0.1) is 5.92 Å². The van der Waals surface area contributed by atoms with Crippen LogP contribution in [0.15, 0.2) is 41.1 Å². The van der Waals surface area contributed by atoms with Gasteiger partial charge >= 0.3 is 0 Å². The second-order valence-electron chi connectivity index (χ2n) is 6.52. The molecule has 0 bridgehead atoms. The van der Waals surface area contributed by atoms with Crippen LogP contribution in [0.5, 0.6) is 5.75 Å². The first kappa shape index (κ1) is 18.0. The molecule has 0 saturated carbocycles. The van der Waals surface area contributed by atoms with Gasteiger partial charge in [-0.3, -0.25) is 4.79 Å². The van der Waals surface area contributed by atoms with Crippen LogP contribution in [-0.2, 0) is 22.4 Å². The number of rotatable bonds is 6. The van der Waals surface area contributed by atoms with Crippen LogP contribution in [0.1, 0.15) is 17.5 Å². The number of carbonyl (C=O) groups is 1. The van der Waals surface area contributed by atoms with Gasteiger partial charge in [-0.05, 0) is 52.9 Å². The van der Waals surface area contributed by atoms with Gasteiger partial charge in [0.2, 0.25) is 5.91 Å². The lowest BCUT2D eigenvalue weighted by atomic mass is 9.88. The molecule has 0 aliphatic carbocycles. The van der Waals surface area contributed by atoms with Gasteiger partial charge in [-0.25, -0.2) is 0 Å². The first-order chi connectivity index (χ1) is 12.2. The Morgan fingerprint density at radius 1 is 1.20 bits per heavy atom. The molecule has 1 aromatic carbocycles. The van der Waals surface area contributed by atoms with E-state index in [1.165, 1.54) is 5.56 Å². The van der Waals surface area contributed by atoms with Gasteiger partial charge in [-0.15, -0.1) is 0 Å². The third-order valence-corrected chi connectivity index (χ3v) is 5.64. The Hall–Kier alpha value is -1.85. The molecule has 3 rings (SSSR count). The zero-order chi connectivity index (χ0) is 17.6. The van der Waals surface area contributed by atoms with E-state index in [4.69, 9.17) is 9.47 Å². The molecule has 2 aromatic rings. The van der Waals surface area contributed by atoms with E-state index in [2.05, 4.69) is 17.5 Å². The Morgan fingerprint density at radius 3 is 2.64 bits per heavy atom. The molecule has 2 atom stereocenters. The van der Waals surface area contributed by atoms with Crippen LogP contribution in [0.3, 0.4) is 0 Å². The predicted octanol–water partition coefficient (Wildman–Crippen LogP) is 3.41. The summed E-state index contributed by atoms with van der Waals surface area (Å²) in [6.45, 7) is 1.54. The number of nitrogens with zero attached hydrogens (tertiary/aromatic N) is 1. The minimum absolute atomic E-state index is 0.201. The van der Waals surface area contributed by atoms with Gasteiger partial charge < -0.3 is 14.4 Å². The van der Waals surface area contributed by atoms with Crippen molar-refractivity contribution in [1.29, 1.82) is 0 Å². The van der Waals surface area contributed by atoms with Crippen molar-refractivity contribution in [1.82, 2.24) is 4.90 Å². The van der Waals surface area contributed by atoms with Gasteiger partial charge in [0.15, 0.2) is 0 Å². The van der Waals surface area contributed by atoms with E-state index in [0.717, 1.165) is 37.2 Å². The maximum Gasteiger partial charge on any atom is 0.227 e. The average molecular weight is 359 g/mol. The first-order valence-electron chi connectivity index (χ1n) is 8.64. The molecule has 25 heavy (non-hydrogen) atoms. The SMILES string of the molecule is COc1ccc(C[C@H]2CN(C(=O)Cc3ccsc3)CC[C@@H]2OC)cc1. The Balaban J connectivity index is 1.64. The van der Waals surface area contributed by atoms with Crippen LogP contribution >= 0.6 is 11.3 Å². The van der Waals surface area contributed by atoms with Gasteiger partial charge in [0.25, 0.3) is 0 Å². The van der Waals surface area contributed by atoms with E-state index in [1.807, 2.05) is 28.5 Å². The molecule has 0 unspecified atom stereocenters. The van der Waals surface area contributed by atoms with Crippen molar-refractivity contribution < 1.29 is 14.3 Å². The number of amides is 1. The molecule has 1 fully saturated rings. The van der Waals surface area contributed by atoms with E-state index in [1.54, 1.807) is 25.6 Å². The van der Waals surface area contributed by atoms with Crippen LogP contribution in [0.4, 0.5) is 0 Å². The largest absolute Gasteiger partial charge is 0.497 e. The van der Waals surface area contributed by atoms with Crippen molar-refractivity contribution in [2.75, 3.05) is 27.3 Å². The normalized spacial score (nSPS) is 20.5. The Labute approximate surface area is 153 Å². The summed E-state index contributed by atoms with van der Waals surface area (Å²) in [5.74, 6) is 1.40. The molecule has 4 nitrogen and oxygen atoms in total. The summed E-state index contributed by atoms with van der Waals surface area (Å²) in [5, 5.41) is 4.07. The molecule has 0 spiro atoms. The van der Waals surface area contributed by atoms with Crippen molar-refractivity contribution >= 4 is 17.2 Å². The topological polar surface area (TPSA) is 38.8 Å². The molecule has 1 aliphatic heterocycles. The molecule has 134 valence electrons. The number of likely N-dealkylation sites (tertiary alicyclic amines) is 1. The smallest absolute Gasteiger partial charge is 0.227 e. The Kier molecular flexibility index (Phi) is 6.10. The fraction of sp³-hybridized carbons (Fsp3) is 0.450.